The lowest BCUT2D eigenvalue weighted by molar-refractivity contribution is -0.140. The van der Waals surface area contributed by atoms with Gasteiger partial charge in [0.25, 0.3) is 0 Å². The van der Waals surface area contributed by atoms with Crippen LogP contribution in [-0.4, -0.2) is 19.6 Å². The molecule has 0 aromatic rings. The van der Waals surface area contributed by atoms with Gasteiger partial charge in [0.1, 0.15) is 0 Å². The van der Waals surface area contributed by atoms with E-state index < -0.39 is 0 Å². The van der Waals surface area contributed by atoms with E-state index in [1.54, 1.807) is 0 Å². The first-order valence-corrected chi connectivity index (χ1v) is 14.8. The van der Waals surface area contributed by atoms with E-state index in [1.165, 1.54) is 123 Å². The minimum Gasteiger partial charge on any atom is -0.469 e. The van der Waals surface area contributed by atoms with Gasteiger partial charge in [-0.15, -0.1) is 0 Å². The van der Waals surface area contributed by atoms with Crippen LogP contribution in [0, 0.1) is 0 Å². The highest BCUT2D eigenvalue weighted by molar-refractivity contribution is 5.68. The van der Waals surface area contributed by atoms with Crippen molar-refractivity contribution >= 4 is 5.97 Å². The Bertz CT molecular complexity index is 450. The summed E-state index contributed by atoms with van der Waals surface area (Å²) >= 11 is 0. The molecule has 0 rings (SSSR count). The van der Waals surface area contributed by atoms with Crippen LogP contribution in [0.25, 0.3) is 0 Å². The van der Waals surface area contributed by atoms with Crippen LogP contribution in [0.3, 0.4) is 0 Å². The van der Waals surface area contributed by atoms with Gasteiger partial charge in [0, 0.05) is 13.0 Å². The molecule has 0 aliphatic carbocycles. The summed E-state index contributed by atoms with van der Waals surface area (Å²) in [6.07, 6.45) is 28.6. The third-order valence-corrected chi connectivity index (χ3v) is 6.45. The van der Waals surface area contributed by atoms with Crippen LogP contribution in [0.2, 0.25) is 0 Å². The van der Waals surface area contributed by atoms with Crippen LogP contribution in [-0.2, 0) is 9.53 Å². The number of hydrazine groups is 9. The van der Waals surface area contributed by atoms with Gasteiger partial charge in [-0.25, -0.2) is 5.43 Å². The van der Waals surface area contributed by atoms with Gasteiger partial charge in [-0.1, -0.05) is 122 Å². The molecule has 0 unspecified atom stereocenters. The Labute approximate surface area is 226 Å². The number of hydrogen-bond acceptors (Lipinski definition) is 12. The first-order valence-electron chi connectivity index (χ1n) is 14.8. The lowest BCUT2D eigenvalue weighted by Gasteiger charge is -2.12. The number of carbonyl (C=O) groups excluding carboxylic acids is 1. The molecule has 12 heteroatoms. The van der Waals surface area contributed by atoms with Gasteiger partial charge in [0.15, 0.2) is 0 Å². The van der Waals surface area contributed by atoms with Crippen LogP contribution >= 0.6 is 0 Å². The topological polar surface area (TPSA) is 161 Å². The molecule has 0 aliphatic heterocycles. The van der Waals surface area contributed by atoms with Crippen molar-refractivity contribution in [2.75, 3.05) is 13.7 Å². The van der Waals surface area contributed by atoms with E-state index in [2.05, 4.69) is 54.4 Å². The lowest BCUT2D eigenvalue weighted by Crippen LogP contribution is -2.64. The Morgan fingerprint density at radius 3 is 1.19 bits per heavy atom. The molecule has 0 aliphatic rings. The van der Waals surface area contributed by atoms with Crippen LogP contribution in [0.4, 0.5) is 0 Å². The third kappa shape index (κ3) is 33.0. The molecule has 0 saturated carbocycles. The van der Waals surface area contributed by atoms with Crippen molar-refractivity contribution in [1.29, 1.82) is 0 Å². The van der Waals surface area contributed by atoms with Crippen LogP contribution in [0.1, 0.15) is 141 Å². The second-order valence-corrected chi connectivity index (χ2v) is 9.70. The van der Waals surface area contributed by atoms with Crippen LogP contribution in [0.15, 0.2) is 0 Å². The molecule has 12 nitrogen and oxygen atoms in total. The SMILES string of the molecule is COC(=O)CCCCCCCCCCCCCCCCCCCCCCCNNNNNNNNNN. The normalized spacial score (nSPS) is 11.3. The number of ether oxygens (including phenoxy) is 1. The van der Waals surface area contributed by atoms with Gasteiger partial charge in [0.2, 0.25) is 0 Å². The molecule has 222 valence electrons. The number of methoxy groups -OCH3 is 1. The molecular formula is C25H60N10O2. The van der Waals surface area contributed by atoms with Gasteiger partial charge in [0.05, 0.1) is 7.11 Å². The van der Waals surface area contributed by atoms with E-state index in [0.717, 1.165) is 25.8 Å². The minimum absolute atomic E-state index is 0.0725. The highest BCUT2D eigenvalue weighted by Gasteiger charge is 1.99. The molecule has 11 N–H and O–H groups in total. The van der Waals surface area contributed by atoms with E-state index in [9.17, 15) is 4.79 Å². The number of nitrogens with two attached hydrogens (primary N) is 1. The lowest BCUT2D eigenvalue weighted by atomic mass is 10.0. The molecule has 0 bridgehead atoms. The van der Waals surface area contributed by atoms with Crippen molar-refractivity contribution in [2.45, 2.75) is 141 Å². The second-order valence-electron chi connectivity index (χ2n) is 9.70. The fourth-order valence-electron chi connectivity index (χ4n) is 4.24. The predicted octanol–water partition coefficient (Wildman–Crippen LogP) is 3.24. The quantitative estimate of drug-likeness (QED) is 0.0267. The summed E-state index contributed by atoms with van der Waals surface area (Å²) in [6, 6.07) is 0. The fourth-order valence-corrected chi connectivity index (χ4v) is 4.24. The highest BCUT2D eigenvalue weighted by atomic mass is 16.5. The number of rotatable bonds is 32. The van der Waals surface area contributed by atoms with Crippen LogP contribution in [0.5, 0.6) is 0 Å². The Hall–Kier alpha value is -0.930. The highest BCUT2D eigenvalue weighted by Crippen LogP contribution is 2.15. The molecule has 0 radical (unpaired) electrons. The minimum atomic E-state index is -0.0725. The van der Waals surface area contributed by atoms with Crippen molar-refractivity contribution < 1.29 is 9.53 Å². The monoisotopic (exact) mass is 532 g/mol. The first kappa shape index (κ1) is 36.1. The number of unbranched alkanes of at least 4 members (excludes halogenated alkanes) is 20. The average Bonchev–Trinajstić information content (AvgIpc) is 2.91. The summed E-state index contributed by atoms with van der Waals surface area (Å²) in [5.74, 6) is 4.92. The average molecular weight is 533 g/mol. The maximum Gasteiger partial charge on any atom is 0.305 e. The van der Waals surface area contributed by atoms with Crippen LogP contribution < -0.4 is 55.5 Å². The standard InChI is InChI=1S/C25H60N10O2/c1-37-25(36)23-21-19-17-15-13-11-9-7-5-3-2-4-6-8-10-12-14-16-18-20-22-24-27-29-31-33-35-34-32-30-28-26/h27-35H,2-24,26H2,1H3. The number of esters is 1. The van der Waals surface area contributed by atoms with E-state index in [-0.39, 0.29) is 5.97 Å². The molecular weight excluding hydrogens is 472 g/mol. The maximum atomic E-state index is 11.0. The summed E-state index contributed by atoms with van der Waals surface area (Å²) in [4.78, 5) is 11.0. The summed E-state index contributed by atoms with van der Waals surface area (Å²) in [5, 5.41) is 0. The van der Waals surface area contributed by atoms with Crippen molar-refractivity contribution in [3.8, 4) is 0 Å². The largest absolute Gasteiger partial charge is 0.469 e. The van der Waals surface area contributed by atoms with E-state index in [1.807, 2.05) is 0 Å². The Morgan fingerprint density at radius 2 is 0.811 bits per heavy atom. The first-order chi connectivity index (χ1) is 18.3. The van der Waals surface area contributed by atoms with E-state index >= 15 is 0 Å². The molecule has 0 aromatic carbocycles. The molecule has 37 heavy (non-hydrogen) atoms. The summed E-state index contributed by atoms with van der Waals surface area (Å²) < 4.78 is 4.67. The second kappa shape index (κ2) is 33.1. The number of carbonyl (C=O) groups is 1. The Morgan fingerprint density at radius 1 is 0.486 bits per heavy atom. The molecule has 0 amide bonds. The molecule has 0 spiro atoms. The van der Waals surface area contributed by atoms with Crippen molar-refractivity contribution in [2.24, 2.45) is 5.84 Å². The summed E-state index contributed by atoms with van der Waals surface area (Å²) in [6.45, 7) is 0.917. The molecule has 0 aromatic heterocycles. The van der Waals surface area contributed by atoms with Crippen molar-refractivity contribution in [3.05, 3.63) is 0 Å². The molecule has 0 fully saturated rings. The molecule has 0 heterocycles. The summed E-state index contributed by atoms with van der Waals surface area (Å²) in [5.41, 5.74) is 23.6. The van der Waals surface area contributed by atoms with Crippen molar-refractivity contribution in [3.63, 3.8) is 0 Å². The van der Waals surface area contributed by atoms with Crippen molar-refractivity contribution in [1.82, 2.24) is 49.7 Å². The zero-order valence-electron chi connectivity index (χ0n) is 23.7. The fraction of sp³-hybridized carbons (Fsp3) is 0.960. The van der Waals surface area contributed by atoms with Gasteiger partial charge >= 0.3 is 5.97 Å². The summed E-state index contributed by atoms with van der Waals surface area (Å²) in [7, 11) is 1.47. The van der Waals surface area contributed by atoms with Gasteiger partial charge in [-0.3, -0.25) is 10.6 Å². The zero-order chi connectivity index (χ0) is 26.9. The van der Waals surface area contributed by atoms with E-state index in [0.29, 0.717) is 6.42 Å². The Kier molecular flexibility index (Phi) is 32.3. The zero-order valence-corrected chi connectivity index (χ0v) is 23.7. The van der Waals surface area contributed by atoms with Gasteiger partial charge in [-0.2, -0.15) is 44.3 Å². The molecule has 0 saturated heterocycles. The maximum absolute atomic E-state index is 11.0. The van der Waals surface area contributed by atoms with E-state index in [4.69, 9.17) is 5.84 Å². The molecule has 0 atom stereocenters. The number of hydrogen-bond donors (Lipinski definition) is 10. The predicted molar refractivity (Wildman–Crippen MR) is 151 cm³/mol. The Balaban J connectivity index is 3.03. The smallest absolute Gasteiger partial charge is 0.305 e. The third-order valence-electron chi connectivity index (χ3n) is 6.45. The number of nitrogens with one attached hydrogen (secondary N) is 9. The van der Waals surface area contributed by atoms with Gasteiger partial charge in [-0.05, 0) is 12.8 Å². The van der Waals surface area contributed by atoms with Gasteiger partial charge < -0.3 is 4.74 Å².